The monoisotopic (exact) mass is 169 g/mol. The maximum Gasteiger partial charge on any atom is 0.169 e. The fourth-order valence-electron chi connectivity index (χ4n) is 1.57. The van der Waals surface area contributed by atoms with Gasteiger partial charge < -0.3 is 5.32 Å². The van der Waals surface area contributed by atoms with Crippen molar-refractivity contribution in [2.75, 3.05) is 12.3 Å². The quantitative estimate of drug-likeness (QED) is 0.575. The van der Waals surface area contributed by atoms with Crippen molar-refractivity contribution >= 4 is 17.5 Å². The minimum absolute atomic E-state index is 0.203. The van der Waals surface area contributed by atoms with E-state index in [0.717, 1.165) is 18.7 Å². The first-order valence-electron chi connectivity index (χ1n) is 3.93. The van der Waals surface area contributed by atoms with Crippen molar-refractivity contribution < 1.29 is 4.79 Å². The Balaban J connectivity index is 2.16. The van der Waals surface area contributed by atoms with E-state index in [4.69, 9.17) is 0 Å². The molecule has 0 spiro atoms. The fourth-order valence-corrected chi connectivity index (χ4v) is 2.92. The van der Waals surface area contributed by atoms with Crippen molar-refractivity contribution in [2.45, 2.75) is 17.7 Å². The number of hydrogen-bond acceptors (Lipinski definition) is 3. The van der Waals surface area contributed by atoms with Gasteiger partial charge in [0.05, 0.1) is 5.25 Å². The number of allylic oxidation sites excluding steroid dienone is 1. The van der Waals surface area contributed by atoms with Crippen molar-refractivity contribution in [3.05, 3.63) is 12.2 Å². The van der Waals surface area contributed by atoms with Crippen molar-refractivity contribution in [1.82, 2.24) is 5.32 Å². The maximum atomic E-state index is 11.3. The molecule has 0 bridgehead atoms. The summed E-state index contributed by atoms with van der Waals surface area (Å²) >= 11 is 1.78. The Morgan fingerprint density at radius 2 is 2.55 bits per heavy atom. The number of thioether (sulfide) groups is 1. The first kappa shape index (κ1) is 7.37. The molecule has 0 aromatic rings. The van der Waals surface area contributed by atoms with E-state index in [1.807, 2.05) is 6.08 Å². The Morgan fingerprint density at radius 3 is 3.45 bits per heavy atom. The molecule has 0 amide bonds. The van der Waals surface area contributed by atoms with E-state index in [9.17, 15) is 4.79 Å². The molecule has 0 aromatic carbocycles. The molecule has 60 valence electrons. The van der Waals surface area contributed by atoms with Crippen molar-refractivity contribution in [3.63, 3.8) is 0 Å². The number of carbonyl (C=O) groups is 1. The van der Waals surface area contributed by atoms with Gasteiger partial charge in [-0.25, -0.2) is 0 Å². The highest BCUT2D eigenvalue weighted by molar-refractivity contribution is 8.00. The molecule has 0 aliphatic carbocycles. The summed E-state index contributed by atoms with van der Waals surface area (Å²) < 4.78 is 0. The molecule has 1 saturated heterocycles. The summed E-state index contributed by atoms with van der Waals surface area (Å²) in [6, 6.07) is 0.433. The van der Waals surface area contributed by atoms with Gasteiger partial charge in [0.25, 0.3) is 0 Å². The van der Waals surface area contributed by atoms with E-state index in [2.05, 4.69) is 5.32 Å². The Kier molecular flexibility index (Phi) is 2.00. The Hall–Kier alpha value is -0.280. The van der Waals surface area contributed by atoms with Crippen LogP contribution in [-0.2, 0) is 4.79 Å². The molecule has 2 unspecified atom stereocenters. The molecule has 2 atom stereocenters. The average molecular weight is 169 g/mol. The average Bonchev–Trinajstić information content (AvgIpc) is 2.40. The Labute approximate surface area is 70.4 Å². The van der Waals surface area contributed by atoms with Crippen LogP contribution in [0.15, 0.2) is 12.2 Å². The highest BCUT2D eigenvalue weighted by Crippen LogP contribution is 2.28. The van der Waals surface area contributed by atoms with Crippen LogP contribution in [0.5, 0.6) is 0 Å². The zero-order valence-corrected chi connectivity index (χ0v) is 7.06. The van der Waals surface area contributed by atoms with Crippen LogP contribution in [0, 0.1) is 0 Å². The lowest BCUT2D eigenvalue weighted by atomic mass is 10.1. The molecule has 2 nitrogen and oxygen atoms in total. The Bertz CT molecular complexity index is 202. The van der Waals surface area contributed by atoms with Crippen LogP contribution in [0.1, 0.15) is 6.42 Å². The lowest BCUT2D eigenvalue weighted by Crippen LogP contribution is -2.36. The molecule has 2 heterocycles. The molecule has 0 saturated carbocycles. The topological polar surface area (TPSA) is 29.1 Å². The van der Waals surface area contributed by atoms with Gasteiger partial charge in [0, 0.05) is 12.6 Å². The molecule has 2 aliphatic heterocycles. The molecule has 1 N–H and O–H groups in total. The smallest absolute Gasteiger partial charge is 0.169 e. The second-order valence-corrected chi connectivity index (χ2v) is 4.15. The third-order valence-corrected chi connectivity index (χ3v) is 3.54. The normalized spacial score (nSPS) is 36.9. The summed E-state index contributed by atoms with van der Waals surface area (Å²) in [6.45, 7) is 0.855. The predicted molar refractivity (Wildman–Crippen MR) is 46.8 cm³/mol. The highest BCUT2D eigenvalue weighted by Gasteiger charge is 2.32. The predicted octanol–water partition coefficient (Wildman–Crippen LogP) is 0.589. The number of fused-ring (bicyclic) bond motifs is 1. The van der Waals surface area contributed by atoms with E-state index < -0.39 is 0 Å². The minimum Gasteiger partial charge on any atom is -0.309 e. The summed E-state index contributed by atoms with van der Waals surface area (Å²) in [5.74, 6) is 1.42. The lowest BCUT2D eigenvalue weighted by Gasteiger charge is -2.13. The van der Waals surface area contributed by atoms with Gasteiger partial charge in [-0.1, -0.05) is 6.08 Å². The van der Waals surface area contributed by atoms with E-state index in [0.29, 0.717) is 11.8 Å². The van der Waals surface area contributed by atoms with Gasteiger partial charge >= 0.3 is 0 Å². The van der Waals surface area contributed by atoms with E-state index >= 15 is 0 Å². The zero-order valence-electron chi connectivity index (χ0n) is 6.25. The van der Waals surface area contributed by atoms with Crippen LogP contribution >= 0.6 is 11.8 Å². The molecule has 1 fully saturated rings. The van der Waals surface area contributed by atoms with E-state index in [-0.39, 0.29) is 5.25 Å². The third-order valence-electron chi connectivity index (χ3n) is 2.15. The SMILES string of the molecule is O=C1C=CCNC2CCSC12. The van der Waals surface area contributed by atoms with Crippen LogP contribution in [0.25, 0.3) is 0 Å². The van der Waals surface area contributed by atoms with Gasteiger partial charge in [-0.2, -0.15) is 0 Å². The molecular weight excluding hydrogens is 158 g/mol. The molecule has 11 heavy (non-hydrogen) atoms. The zero-order chi connectivity index (χ0) is 7.68. The van der Waals surface area contributed by atoms with E-state index in [1.54, 1.807) is 17.8 Å². The standard InChI is InChI=1S/C8H11NOS/c10-7-2-1-4-9-6-3-5-11-8(6)7/h1-2,6,8-9H,3-5H2. The van der Waals surface area contributed by atoms with E-state index in [1.165, 1.54) is 0 Å². The maximum absolute atomic E-state index is 11.3. The van der Waals surface area contributed by atoms with Crippen LogP contribution < -0.4 is 5.32 Å². The number of carbonyl (C=O) groups excluding carboxylic acids is 1. The van der Waals surface area contributed by atoms with Crippen LogP contribution in [0.4, 0.5) is 0 Å². The van der Waals surface area contributed by atoms with Gasteiger partial charge in [0.2, 0.25) is 0 Å². The van der Waals surface area contributed by atoms with Crippen molar-refractivity contribution in [2.24, 2.45) is 0 Å². The van der Waals surface area contributed by atoms with Crippen LogP contribution in [0.2, 0.25) is 0 Å². The number of nitrogens with one attached hydrogen (secondary N) is 1. The van der Waals surface area contributed by atoms with Gasteiger partial charge in [0.15, 0.2) is 5.78 Å². The first-order chi connectivity index (χ1) is 5.38. The summed E-state index contributed by atoms with van der Waals surface area (Å²) in [4.78, 5) is 11.3. The molecule has 2 aliphatic rings. The van der Waals surface area contributed by atoms with Gasteiger partial charge in [-0.15, -0.1) is 11.8 Å². The molecular formula is C8H11NOS. The molecule has 3 heteroatoms. The molecule has 0 radical (unpaired) electrons. The number of ketones is 1. The Morgan fingerprint density at radius 1 is 1.64 bits per heavy atom. The van der Waals surface area contributed by atoms with Gasteiger partial charge in [0.1, 0.15) is 0 Å². The molecule has 0 aromatic heterocycles. The number of rotatable bonds is 0. The second-order valence-electron chi connectivity index (χ2n) is 2.90. The lowest BCUT2D eigenvalue weighted by molar-refractivity contribution is -0.114. The van der Waals surface area contributed by atoms with Crippen molar-refractivity contribution in [3.8, 4) is 0 Å². The van der Waals surface area contributed by atoms with Crippen LogP contribution in [-0.4, -0.2) is 29.4 Å². The highest BCUT2D eigenvalue weighted by atomic mass is 32.2. The fraction of sp³-hybridized carbons (Fsp3) is 0.625. The summed E-state index contributed by atoms with van der Waals surface area (Å²) in [5, 5.41) is 3.55. The van der Waals surface area contributed by atoms with Gasteiger partial charge in [-0.05, 0) is 18.2 Å². The van der Waals surface area contributed by atoms with Crippen LogP contribution in [0.3, 0.4) is 0 Å². The van der Waals surface area contributed by atoms with Gasteiger partial charge in [-0.3, -0.25) is 4.79 Å². The summed E-state index contributed by atoms with van der Waals surface area (Å²) in [5.41, 5.74) is 0. The summed E-state index contributed by atoms with van der Waals surface area (Å²) in [6.07, 6.45) is 4.78. The second kappa shape index (κ2) is 2.99. The largest absolute Gasteiger partial charge is 0.309 e. The number of hydrogen-bond donors (Lipinski definition) is 1. The first-order valence-corrected chi connectivity index (χ1v) is 4.98. The van der Waals surface area contributed by atoms with Crippen molar-refractivity contribution in [1.29, 1.82) is 0 Å². The summed E-state index contributed by atoms with van der Waals surface area (Å²) in [7, 11) is 0. The minimum atomic E-state index is 0.203. The molecule has 2 rings (SSSR count). The third kappa shape index (κ3) is 1.35.